The lowest BCUT2D eigenvalue weighted by molar-refractivity contribution is 0.228. The quantitative estimate of drug-likeness (QED) is 0.568. The number of nitrogens with zero attached hydrogens (tertiary/aromatic N) is 1. The first-order valence-electron chi connectivity index (χ1n) is 5.49. The van der Waals surface area contributed by atoms with Gasteiger partial charge in [0, 0.05) is 11.6 Å². The molecule has 0 aliphatic carbocycles. The number of benzene rings is 1. The molecule has 0 heterocycles. The van der Waals surface area contributed by atoms with Crippen LogP contribution in [-0.2, 0) is 4.74 Å². The zero-order chi connectivity index (χ0) is 12.1. The fraction of sp³-hybridized carbons (Fsp3) is 0.462. The molecule has 0 N–H and O–H groups in total. The minimum absolute atomic E-state index is 0.0579. The Bertz CT molecular complexity index is 355. The number of aliphatic imine (C=N–C) groups is 1. The van der Waals surface area contributed by atoms with Crippen molar-refractivity contribution in [1.29, 1.82) is 0 Å². The molecule has 1 rings (SSSR count). The first-order chi connectivity index (χ1) is 7.49. The van der Waals surface area contributed by atoms with Gasteiger partial charge in [0.05, 0.1) is 6.10 Å². The molecule has 0 radical (unpaired) electrons. The average molecular weight is 223 g/mol. The Morgan fingerprint density at radius 1 is 1.12 bits per heavy atom. The molecule has 0 unspecified atom stereocenters. The van der Waals surface area contributed by atoms with Gasteiger partial charge in [-0.25, -0.2) is 9.38 Å². The Balaban J connectivity index is 2.96. The second-order valence-corrected chi connectivity index (χ2v) is 4.20. The third kappa shape index (κ3) is 4.01. The van der Waals surface area contributed by atoms with Crippen LogP contribution >= 0.6 is 0 Å². The van der Waals surface area contributed by atoms with Gasteiger partial charge >= 0.3 is 0 Å². The number of rotatable bonds is 3. The molecule has 0 fully saturated rings. The van der Waals surface area contributed by atoms with E-state index in [4.69, 9.17) is 4.74 Å². The predicted octanol–water partition coefficient (Wildman–Crippen LogP) is 3.41. The molecule has 0 saturated carbocycles. The maximum atomic E-state index is 12.8. The van der Waals surface area contributed by atoms with Crippen LogP contribution in [0.2, 0.25) is 0 Å². The largest absolute Gasteiger partial charge is 0.475 e. The van der Waals surface area contributed by atoms with Crippen LogP contribution in [0.3, 0.4) is 0 Å². The highest BCUT2D eigenvalue weighted by atomic mass is 19.1. The molecule has 1 aromatic rings. The Morgan fingerprint density at radius 2 is 1.69 bits per heavy atom. The molecule has 0 aliphatic rings. The second kappa shape index (κ2) is 5.64. The van der Waals surface area contributed by atoms with E-state index in [0.717, 1.165) is 5.56 Å². The van der Waals surface area contributed by atoms with Crippen LogP contribution in [0.15, 0.2) is 29.3 Å². The summed E-state index contributed by atoms with van der Waals surface area (Å²) >= 11 is 0. The van der Waals surface area contributed by atoms with Crippen molar-refractivity contribution in [3.63, 3.8) is 0 Å². The summed E-state index contributed by atoms with van der Waals surface area (Å²) < 4.78 is 18.4. The van der Waals surface area contributed by atoms with Gasteiger partial charge in [-0.05, 0) is 52.0 Å². The molecule has 2 nitrogen and oxygen atoms in total. The predicted molar refractivity (Wildman–Crippen MR) is 64.3 cm³/mol. The maximum Gasteiger partial charge on any atom is 0.216 e. The normalized spacial score (nSPS) is 12.3. The summed E-state index contributed by atoms with van der Waals surface area (Å²) in [6.45, 7) is 7.85. The van der Waals surface area contributed by atoms with Crippen molar-refractivity contribution in [2.24, 2.45) is 4.99 Å². The minimum Gasteiger partial charge on any atom is -0.475 e. The molecule has 0 saturated heterocycles. The first-order valence-corrected chi connectivity index (χ1v) is 5.49. The Kier molecular flexibility index (Phi) is 4.47. The van der Waals surface area contributed by atoms with Gasteiger partial charge < -0.3 is 4.74 Å². The van der Waals surface area contributed by atoms with Crippen LogP contribution in [0, 0.1) is 5.82 Å². The summed E-state index contributed by atoms with van der Waals surface area (Å²) in [5.74, 6) is 0.321. The monoisotopic (exact) mass is 223 g/mol. The van der Waals surface area contributed by atoms with Crippen LogP contribution < -0.4 is 0 Å². The summed E-state index contributed by atoms with van der Waals surface area (Å²) in [4.78, 5) is 4.39. The third-order valence-electron chi connectivity index (χ3n) is 1.81. The van der Waals surface area contributed by atoms with Gasteiger partial charge in [-0.15, -0.1) is 0 Å². The van der Waals surface area contributed by atoms with E-state index in [-0.39, 0.29) is 18.0 Å². The third-order valence-corrected chi connectivity index (χ3v) is 1.81. The first kappa shape index (κ1) is 12.7. The van der Waals surface area contributed by atoms with Crippen molar-refractivity contribution in [2.75, 3.05) is 0 Å². The van der Waals surface area contributed by atoms with E-state index in [9.17, 15) is 4.39 Å². The van der Waals surface area contributed by atoms with Crippen LogP contribution in [-0.4, -0.2) is 18.0 Å². The summed E-state index contributed by atoms with van der Waals surface area (Å²) in [5.41, 5.74) is 0.809. The number of ether oxygens (including phenoxy) is 1. The summed E-state index contributed by atoms with van der Waals surface area (Å²) in [6.07, 6.45) is 0.0579. The van der Waals surface area contributed by atoms with E-state index < -0.39 is 0 Å². The van der Waals surface area contributed by atoms with E-state index in [0.29, 0.717) is 5.90 Å². The summed E-state index contributed by atoms with van der Waals surface area (Å²) in [6, 6.07) is 6.33. The van der Waals surface area contributed by atoms with Crippen molar-refractivity contribution in [1.82, 2.24) is 0 Å². The van der Waals surface area contributed by atoms with Gasteiger partial charge in [0.25, 0.3) is 0 Å². The number of halogens is 1. The molecule has 0 spiro atoms. The van der Waals surface area contributed by atoms with Gasteiger partial charge in [0.15, 0.2) is 0 Å². The van der Waals surface area contributed by atoms with Crippen LogP contribution in [0.5, 0.6) is 0 Å². The highest BCUT2D eigenvalue weighted by Gasteiger charge is 2.08. The Labute approximate surface area is 96.2 Å². The van der Waals surface area contributed by atoms with E-state index in [1.54, 1.807) is 12.1 Å². The van der Waals surface area contributed by atoms with E-state index in [1.165, 1.54) is 12.1 Å². The molecular weight excluding hydrogens is 205 g/mol. The van der Waals surface area contributed by atoms with Crippen LogP contribution in [0.4, 0.5) is 4.39 Å². The standard InChI is InChI=1S/C13H18FNO/c1-9(2)15-13(16-10(3)4)11-5-7-12(14)8-6-11/h5-10H,1-4H3. The molecular formula is C13H18FNO. The average Bonchev–Trinajstić information content (AvgIpc) is 2.16. The molecule has 0 aromatic heterocycles. The highest BCUT2D eigenvalue weighted by molar-refractivity contribution is 5.94. The molecule has 0 amide bonds. The molecule has 0 bridgehead atoms. The molecule has 3 heteroatoms. The lowest BCUT2D eigenvalue weighted by atomic mass is 10.2. The highest BCUT2D eigenvalue weighted by Crippen LogP contribution is 2.08. The second-order valence-electron chi connectivity index (χ2n) is 4.20. The topological polar surface area (TPSA) is 21.6 Å². The molecule has 16 heavy (non-hydrogen) atoms. The zero-order valence-corrected chi connectivity index (χ0v) is 10.2. The number of hydrogen-bond acceptors (Lipinski definition) is 2. The van der Waals surface area contributed by atoms with Gasteiger partial charge in [-0.2, -0.15) is 0 Å². The van der Waals surface area contributed by atoms with Gasteiger partial charge in [0.1, 0.15) is 5.82 Å². The minimum atomic E-state index is -0.253. The lowest BCUT2D eigenvalue weighted by Gasteiger charge is -2.13. The fourth-order valence-corrected chi connectivity index (χ4v) is 1.22. The molecule has 88 valence electrons. The van der Waals surface area contributed by atoms with Crippen molar-refractivity contribution in [3.05, 3.63) is 35.6 Å². The van der Waals surface area contributed by atoms with Crippen molar-refractivity contribution in [2.45, 2.75) is 39.8 Å². The number of hydrogen-bond donors (Lipinski definition) is 0. The smallest absolute Gasteiger partial charge is 0.216 e. The lowest BCUT2D eigenvalue weighted by Crippen LogP contribution is -2.15. The van der Waals surface area contributed by atoms with Gasteiger partial charge in [0.2, 0.25) is 5.90 Å². The van der Waals surface area contributed by atoms with E-state index in [2.05, 4.69) is 4.99 Å². The zero-order valence-electron chi connectivity index (χ0n) is 10.2. The van der Waals surface area contributed by atoms with E-state index >= 15 is 0 Å². The van der Waals surface area contributed by atoms with Gasteiger partial charge in [-0.1, -0.05) is 0 Å². The van der Waals surface area contributed by atoms with Crippen LogP contribution in [0.1, 0.15) is 33.3 Å². The van der Waals surface area contributed by atoms with E-state index in [1.807, 2.05) is 27.7 Å². The van der Waals surface area contributed by atoms with Crippen molar-refractivity contribution >= 4 is 5.90 Å². The van der Waals surface area contributed by atoms with Crippen LogP contribution in [0.25, 0.3) is 0 Å². The summed E-state index contributed by atoms with van der Waals surface area (Å²) in [7, 11) is 0. The summed E-state index contributed by atoms with van der Waals surface area (Å²) in [5, 5.41) is 0. The fourth-order valence-electron chi connectivity index (χ4n) is 1.22. The Hall–Kier alpha value is -1.38. The van der Waals surface area contributed by atoms with Gasteiger partial charge in [-0.3, -0.25) is 0 Å². The van der Waals surface area contributed by atoms with Crippen molar-refractivity contribution < 1.29 is 9.13 Å². The van der Waals surface area contributed by atoms with Crippen molar-refractivity contribution in [3.8, 4) is 0 Å². The molecule has 1 aromatic carbocycles. The SMILES string of the molecule is CC(C)N=C(OC(C)C)c1ccc(F)cc1. The molecule has 0 aliphatic heterocycles. The Morgan fingerprint density at radius 3 is 2.12 bits per heavy atom. The molecule has 0 atom stereocenters. The maximum absolute atomic E-state index is 12.8.